The van der Waals surface area contributed by atoms with Crippen molar-refractivity contribution in [3.63, 3.8) is 0 Å². The fourth-order valence-electron chi connectivity index (χ4n) is 1.52. The molecule has 2 heteroatoms. The molecule has 0 aromatic heterocycles. The van der Waals surface area contributed by atoms with Gasteiger partial charge in [0, 0.05) is 5.92 Å². The van der Waals surface area contributed by atoms with Crippen LogP contribution in [-0.2, 0) is 9.47 Å². The Kier molecular flexibility index (Phi) is 1.41. The highest BCUT2D eigenvalue weighted by molar-refractivity contribution is 5.32. The molecule has 0 saturated heterocycles. The van der Waals surface area contributed by atoms with Crippen molar-refractivity contribution in [2.45, 2.75) is 20.3 Å². The predicted octanol–water partition coefficient (Wildman–Crippen LogP) is 2.19. The Morgan fingerprint density at radius 3 is 3.00 bits per heavy atom. The van der Waals surface area contributed by atoms with E-state index in [0.717, 1.165) is 17.9 Å². The first kappa shape index (κ1) is 6.77. The van der Waals surface area contributed by atoms with Gasteiger partial charge in [0.2, 0.25) is 6.79 Å². The van der Waals surface area contributed by atoms with Gasteiger partial charge >= 0.3 is 0 Å². The van der Waals surface area contributed by atoms with Crippen LogP contribution < -0.4 is 0 Å². The third-order valence-corrected chi connectivity index (χ3v) is 2.22. The monoisotopic (exact) mass is 152 g/mol. The van der Waals surface area contributed by atoms with Crippen molar-refractivity contribution in [2.24, 2.45) is 5.92 Å². The molecule has 2 nitrogen and oxygen atoms in total. The molecule has 0 aromatic rings. The van der Waals surface area contributed by atoms with Crippen LogP contribution >= 0.6 is 0 Å². The number of hydrogen-bond acceptors (Lipinski definition) is 2. The summed E-state index contributed by atoms with van der Waals surface area (Å²) in [5.41, 5.74) is 1.22. The molecule has 2 rings (SSSR count). The van der Waals surface area contributed by atoms with Crippen LogP contribution in [0.15, 0.2) is 23.2 Å². The lowest BCUT2D eigenvalue weighted by atomic mass is 9.96. The smallest absolute Gasteiger partial charge is 0.230 e. The van der Waals surface area contributed by atoms with E-state index in [4.69, 9.17) is 9.47 Å². The summed E-state index contributed by atoms with van der Waals surface area (Å²) in [5.74, 6) is 2.52. The van der Waals surface area contributed by atoms with E-state index in [-0.39, 0.29) is 0 Å². The SMILES string of the molecule is CC1=CCC(C)C2=C1OCO2. The first-order valence-electron chi connectivity index (χ1n) is 3.96. The zero-order chi connectivity index (χ0) is 7.84. The first-order chi connectivity index (χ1) is 5.29. The van der Waals surface area contributed by atoms with Crippen LogP contribution in [0.1, 0.15) is 20.3 Å². The van der Waals surface area contributed by atoms with E-state index in [1.807, 2.05) is 0 Å². The topological polar surface area (TPSA) is 18.5 Å². The molecular weight excluding hydrogens is 140 g/mol. The normalized spacial score (nSPS) is 28.9. The maximum absolute atomic E-state index is 5.36. The second-order valence-electron chi connectivity index (χ2n) is 3.12. The Morgan fingerprint density at radius 2 is 2.27 bits per heavy atom. The number of rotatable bonds is 0. The average Bonchev–Trinajstić information content (AvgIpc) is 2.45. The van der Waals surface area contributed by atoms with Gasteiger partial charge in [0.15, 0.2) is 5.76 Å². The quantitative estimate of drug-likeness (QED) is 0.529. The highest BCUT2D eigenvalue weighted by atomic mass is 16.7. The largest absolute Gasteiger partial charge is 0.458 e. The van der Waals surface area contributed by atoms with Crippen LogP contribution in [0.25, 0.3) is 0 Å². The summed E-state index contributed by atoms with van der Waals surface area (Å²) in [6.07, 6.45) is 3.28. The molecule has 0 spiro atoms. The van der Waals surface area contributed by atoms with Crippen LogP contribution in [0, 0.1) is 5.92 Å². The standard InChI is InChI=1S/C9H12O2/c1-6-3-4-7(2)9-8(6)10-5-11-9/h3,7H,4-5H2,1-2H3. The molecule has 0 bridgehead atoms. The van der Waals surface area contributed by atoms with Gasteiger partial charge in [-0.25, -0.2) is 0 Å². The van der Waals surface area contributed by atoms with Gasteiger partial charge in [-0.3, -0.25) is 0 Å². The summed E-state index contributed by atoms with van der Waals surface area (Å²) >= 11 is 0. The van der Waals surface area contributed by atoms with Crippen LogP contribution in [0.2, 0.25) is 0 Å². The van der Waals surface area contributed by atoms with Crippen LogP contribution in [-0.4, -0.2) is 6.79 Å². The average molecular weight is 152 g/mol. The maximum Gasteiger partial charge on any atom is 0.230 e. The van der Waals surface area contributed by atoms with E-state index in [2.05, 4.69) is 19.9 Å². The minimum Gasteiger partial charge on any atom is -0.458 e. The van der Waals surface area contributed by atoms with Gasteiger partial charge < -0.3 is 9.47 Å². The lowest BCUT2D eigenvalue weighted by Gasteiger charge is -2.15. The lowest BCUT2D eigenvalue weighted by Crippen LogP contribution is -2.05. The van der Waals surface area contributed by atoms with Gasteiger partial charge in [-0.05, 0) is 18.9 Å². The summed E-state index contributed by atoms with van der Waals surface area (Å²) in [6.45, 7) is 4.63. The van der Waals surface area contributed by atoms with E-state index in [9.17, 15) is 0 Å². The number of allylic oxidation sites excluding steroid dienone is 3. The Labute approximate surface area is 66.5 Å². The lowest BCUT2D eigenvalue weighted by molar-refractivity contribution is 0.0669. The highest BCUT2D eigenvalue weighted by Gasteiger charge is 2.26. The molecule has 0 amide bonds. The third kappa shape index (κ3) is 0.934. The molecule has 60 valence electrons. The van der Waals surface area contributed by atoms with Gasteiger partial charge in [0.25, 0.3) is 0 Å². The van der Waals surface area contributed by atoms with Crippen molar-refractivity contribution in [1.82, 2.24) is 0 Å². The van der Waals surface area contributed by atoms with Crippen LogP contribution in [0.5, 0.6) is 0 Å². The predicted molar refractivity (Wildman–Crippen MR) is 41.6 cm³/mol. The van der Waals surface area contributed by atoms with E-state index in [1.165, 1.54) is 5.57 Å². The van der Waals surface area contributed by atoms with E-state index in [0.29, 0.717) is 12.7 Å². The Bertz CT molecular complexity index is 238. The van der Waals surface area contributed by atoms with Gasteiger partial charge in [-0.15, -0.1) is 0 Å². The minimum atomic E-state index is 0.403. The summed E-state index contributed by atoms with van der Waals surface area (Å²) < 4.78 is 10.7. The first-order valence-corrected chi connectivity index (χ1v) is 3.96. The van der Waals surface area contributed by atoms with Gasteiger partial charge in [-0.1, -0.05) is 13.0 Å². The summed E-state index contributed by atoms with van der Waals surface area (Å²) in [6, 6.07) is 0. The van der Waals surface area contributed by atoms with Crippen molar-refractivity contribution in [1.29, 1.82) is 0 Å². The summed E-state index contributed by atoms with van der Waals surface area (Å²) in [4.78, 5) is 0. The minimum absolute atomic E-state index is 0.403. The Hall–Kier alpha value is -0.920. The number of ether oxygens (including phenoxy) is 2. The molecule has 0 fully saturated rings. The van der Waals surface area contributed by atoms with E-state index >= 15 is 0 Å². The molecule has 1 atom stereocenters. The van der Waals surface area contributed by atoms with Gasteiger partial charge in [0.05, 0.1) is 0 Å². The molecular formula is C9H12O2. The second kappa shape index (κ2) is 2.29. The molecule has 0 aromatic carbocycles. The molecule has 1 aliphatic heterocycles. The molecule has 0 radical (unpaired) electrons. The molecule has 0 saturated carbocycles. The zero-order valence-electron chi connectivity index (χ0n) is 6.89. The molecule has 11 heavy (non-hydrogen) atoms. The zero-order valence-corrected chi connectivity index (χ0v) is 6.89. The Balaban J connectivity index is 2.36. The highest BCUT2D eigenvalue weighted by Crippen LogP contribution is 2.34. The van der Waals surface area contributed by atoms with Gasteiger partial charge in [0.1, 0.15) is 5.76 Å². The van der Waals surface area contributed by atoms with Crippen LogP contribution in [0.3, 0.4) is 0 Å². The molecule has 2 aliphatic rings. The molecule has 1 aliphatic carbocycles. The van der Waals surface area contributed by atoms with Crippen molar-refractivity contribution in [3.8, 4) is 0 Å². The second-order valence-corrected chi connectivity index (χ2v) is 3.12. The summed E-state index contributed by atoms with van der Waals surface area (Å²) in [5, 5.41) is 0. The van der Waals surface area contributed by atoms with Crippen LogP contribution in [0.4, 0.5) is 0 Å². The summed E-state index contributed by atoms with van der Waals surface area (Å²) in [7, 11) is 0. The van der Waals surface area contributed by atoms with Crippen molar-refractivity contribution in [3.05, 3.63) is 23.2 Å². The molecule has 1 heterocycles. The van der Waals surface area contributed by atoms with Crippen molar-refractivity contribution < 1.29 is 9.47 Å². The van der Waals surface area contributed by atoms with E-state index < -0.39 is 0 Å². The fourth-order valence-corrected chi connectivity index (χ4v) is 1.52. The fraction of sp³-hybridized carbons (Fsp3) is 0.556. The van der Waals surface area contributed by atoms with Gasteiger partial charge in [-0.2, -0.15) is 0 Å². The molecule has 1 unspecified atom stereocenters. The maximum atomic E-state index is 5.36. The van der Waals surface area contributed by atoms with Crippen molar-refractivity contribution in [2.75, 3.05) is 6.79 Å². The Morgan fingerprint density at radius 1 is 1.45 bits per heavy atom. The number of hydrogen-bond donors (Lipinski definition) is 0. The third-order valence-electron chi connectivity index (χ3n) is 2.22. The molecule has 0 N–H and O–H groups in total. The van der Waals surface area contributed by atoms with Crippen molar-refractivity contribution >= 4 is 0 Å². The van der Waals surface area contributed by atoms with E-state index in [1.54, 1.807) is 0 Å².